The predicted molar refractivity (Wildman–Crippen MR) is 67.1 cm³/mol. The first-order chi connectivity index (χ1) is 7.84. The number of fused-ring (bicyclic) bond motifs is 1. The average Bonchev–Trinajstić information content (AvgIpc) is 2.19. The second-order valence-electron chi connectivity index (χ2n) is 5.15. The lowest BCUT2D eigenvalue weighted by Crippen LogP contribution is -2.56. The Morgan fingerprint density at radius 1 is 1.35 bits per heavy atom. The van der Waals surface area contributed by atoms with E-state index in [0.29, 0.717) is 6.42 Å². The summed E-state index contributed by atoms with van der Waals surface area (Å²) in [6, 6.07) is 5.89. The fraction of sp³-hybridized carbons (Fsp3) is 0.429. The molecule has 1 heterocycles. The van der Waals surface area contributed by atoms with E-state index in [4.69, 9.17) is 0 Å². The van der Waals surface area contributed by atoms with Crippen molar-refractivity contribution in [1.29, 1.82) is 0 Å². The molecule has 1 aliphatic heterocycles. The van der Waals surface area contributed by atoms with Crippen molar-refractivity contribution >= 4 is 17.4 Å². The van der Waals surface area contributed by atoms with Gasteiger partial charge in [-0.05, 0) is 32.4 Å². The monoisotopic (exact) mass is 231 g/mol. The maximum absolute atomic E-state index is 12.1. The topological polar surface area (TPSA) is 37.4 Å². The fourth-order valence-electron chi connectivity index (χ4n) is 2.45. The van der Waals surface area contributed by atoms with Crippen LogP contribution in [-0.2, 0) is 16.0 Å². The molecule has 0 atom stereocenters. The first-order valence-corrected chi connectivity index (χ1v) is 5.77. The van der Waals surface area contributed by atoms with E-state index in [2.05, 4.69) is 0 Å². The zero-order valence-electron chi connectivity index (χ0n) is 10.7. The van der Waals surface area contributed by atoms with Crippen LogP contribution in [0.3, 0.4) is 0 Å². The Morgan fingerprint density at radius 2 is 2.00 bits per heavy atom. The normalized spacial score (nSPS) is 17.9. The summed E-state index contributed by atoms with van der Waals surface area (Å²) in [5.41, 5.74) is 2.19. The number of hydrogen-bond donors (Lipinski definition) is 0. The molecule has 0 N–H and O–H groups in total. The van der Waals surface area contributed by atoms with Gasteiger partial charge in [0.05, 0.1) is 0 Å². The number of nitrogens with zero attached hydrogens (tertiary/aromatic N) is 1. The second kappa shape index (κ2) is 3.69. The number of Topliss-reactive ketones (excluding diaryl/α,β-unsaturated/α-hetero) is 1. The summed E-state index contributed by atoms with van der Waals surface area (Å²) < 4.78 is 0. The number of rotatable bonds is 0. The van der Waals surface area contributed by atoms with E-state index < -0.39 is 5.54 Å². The highest BCUT2D eigenvalue weighted by Crippen LogP contribution is 2.35. The lowest BCUT2D eigenvalue weighted by molar-refractivity contribution is -0.127. The molecule has 1 amide bonds. The lowest BCUT2D eigenvalue weighted by atomic mass is 9.85. The van der Waals surface area contributed by atoms with E-state index in [1.54, 1.807) is 18.7 Å². The van der Waals surface area contributed by atoms with Crippen molar-refractivity contribution in [1.82, 2.24) is 0 Å². The van der Waals surface area contributed by atoms with Gasteiger partial charge >= 0.3 is 0 Å². The van der Waals surface area contributed by atoms with E-state index in [1.807, 2.05) is 25.1 Å². The molecule has 0 spiro atoms. The lowest BCUT2D eigenvalue weighted by Gasteiger charge is -2.41. The number of amides is 1. The Hall–Kier alpha value is -1.64. The van der Waals surface area contributed by atoms with Gasteiger partial charge in [0.25, 0.3) is 0 Å². The van der Waals surface area contributed by atoms with Gasteiger partial charge in [0.1, 0.15) is 5.54 Å². The Morgan fingerprint density at radius 3 is 2.59 bits per heavy atom. The smallest absolute Gasteiger partial charge is 0.224 e. The van der Waals surface area contributed by atoms with Gasteiger partial charge < -0.3 is 0 Å². The van der Waals surface area contributed by atoms with Gasteiger partial charge in [0.2, 0.25) is 5.91 Å². The quantitative estimate of drug-likeness (QED) is 0.686. The summed E-state index contributed by atoms with van der Waals surface area (Å²) in [7, 11) is 0. The van der Waals surface area contributed by atoms with Crippen LogP contribution in [0.15, 0.2) is 18.2 Å². The predicted octanol–water partition coefficient (Wildman–Crippen LogP) is 2.25. The van der Waals surface area contributed by atoms with Crippen LogP contribution in [0.1, 0.15) is 31.9 Å². The zero-order valence-corrected chi connectivity index (χ0v) is 10.7. The minimum Gasteiger partial charge on any atom is -0.300 e. The second-order valence-corrected chi connectivity index (χ2v) is 5.15. The Balaban J connectivity index is 2.64. The molecule has 1 aliphatic rings. The van der Waals surface area contributed by atoms with E-state index in [1.165, 1.54) is 6.92 Å². The average molecular weight is 231 g/mol. The third kappa shape index (κ3) is 1.75. The molecule has 17 heavy (non-hydrogen) atoms. The van der Waals surface area contributed by atoms with Gasteiger partial charge in [-0.25, -0.2) is 0 Å². The van der Waals surface area contributed by atoms with Gasteiger partial charge in [-0.1, -0.05) is 17.7 Å². The number of benzene rings is 1. The van der Waals surface area contributed by atoms with Crippen molar-refractivity contribution in [3.8, 4) is 0 Å². The molecule has 1 aromatic rings. The summed E-state index contributed by atoms with van der Waals surface area (Å²) in [6.07, 6.45) is 0.411. The van der Waals surface area contributed by atoms with E-state index in [9.17, 15) is 9.59 Å². The molecule has 1 aromatic carbocycles. The summed E-state index contributed by atoms with van der Waals surface area (Å²) in [5, 5.41) is 0. The fourth-order valence-corrected chi connectivity index (χ4v) is 2.45. The number of anilines is 1. The van der Waals surface area contributed by atoms with E-state index in [-0.39, 0.29) is 11.7 Å². The van der Waals surface area contributed by atoms with Crippen LogP contribution in [0.2, 0.25) is 0 Å². The maximum Gasteiger partial charge on any atom is 0.224 e. The molecule has 2 rings (SSSR count). The van der Waals surface area contributed by atoms with Gasteiger partial charge in [-0.3, -0.25) is 14.5 Å². The van der Waals surface area contributed by atoms with Crippen molar-refractivity contribution in [3.05, 3.63) is 29.3 Å². The summed E-state index contributed by atoms with van der Waals surface area (Å²) in [6.45, 7) is 7.10. The molecule has 0 saturated carbocycles. The molecule has 0 fully saturated rings. The number of carbonyl (C=O) groups is 2. The number of hydrogen-bond acceptors (Lipinski definition) is 2. The molecule has 0 aromatic heterocycles. The standard InChI is InChI=1S/C14H17NO2/c1-9-5-6-12-11(7-9)8-13(17)14(3,4)15(12)10(2)16/h5-7H,8H2,1-4H3. The van der Waals surface area contributed by atoms with Crippen molar-refractivity contribution in [3.63, 3.8) is 0 Å². The van der Waals surface area contributed by atoms with Crippen LogP contribution in [0.5, 0.6) is 0 Å². The Bertz CT molecular complexity index is 503. The summed E-state index contributed by atoms with van der Waals surface area (Å²) >= 11 is 0. The van der Waals surface area contributed by atoms with E-state index >= 15 is 0 Å². The molecular formula is C14H17NO2. The number of aryl methyl sites for hydroxylation is 1. The maximum atomic E-state index is 12.1. The van der Waals surface area contributed by atoms with Crippen LogP contribution >= 0.6 is 0 Å². The van der Waals surface area contributed by atoms with Crippen molar-refractivity contribution in [2.24, 2.45) is 0 Å². The van der Waals surface area contributed by atoms with Crippen LogP contribution < -0.4 is 4.90 Å². The van der Waals surface area contributed by atoms with Crippen molar-refractivity contribution < 1.29 is 9.59 Å². The first kappa shape index (κ1) is 11.8. The highest BCUT2D eigenvalue weighted by atomic mass is 16.2. The van der Waals surface area contributed by atoms with Gasteiger partial charge in [0, 0.05) is 19.0 Å². The molecule has 0 radical (unpaired) electrons. The van der Waals surface area contributed by atoms with Crippen LogP contribution in [0.4, 0.5) is 5.69 Å². The summed E-state index contributed by atoms with van der Waals surface area (Å²) in [4.78, 5) is 25.5. The van der Waals surface area contributed by atoms with Crippen LogP contribution in [0, 0.1) is 6.92 Å². The molecule has 0 saturated heterocycles. The Labute approximate surface area is 101 Å². The molecule has 0 unspecified atom stereocenters. The number of carbonyl (C=O) groups excluding carboxylic acids is 2. The molecular weight excluding hydrogens is 214 g/mol. The van der Waals surface area contributed by atoms with Crippen LogP contribution in [0.25, 0.3) is 0 Å². The van der Waals surface area contributed by atoms with Crippen molar-refractivity contribution in [2.75, 3.05) is 4.90 Å². The minimum atomic E-state index is -0.742. The minimum absolute atomic E-state index is 0.0887. The third-order valence-electron chi connectivity index (χ3n) is 3.38. The number of ketones is 1. The molecule has 0 aliphatic carbocycles. The SMILES string of the molecule is CC(=O)N1c2ccc(C)cc2CC(=O)C1(C)C. The zero-order chi connectivity index (χ0) is 12.8. The van der Waals surface area contributed by atoms with Crippen LogP contribution in [-0.4, -0.2) is 17.2 Å². The molecule has 3 heteroatoms. The highest BCUT2D eigenvalue weighted by molar-refractivity contribution is 6.07. The largest absolute Gasteiger partial charge is 0.300 e. The molecule has 3 nitrogen and oxygen atoms in total. The highest BCUT2D eigenvalue weighted by Gasteiger charge is 2.41. The molecule has 90 valence electrons. The van der Waals surface area contributed by atoms with Crippen molar-refractivity contribution in [2.45, 2.75) is 39.7 Å². The van der Waals surface area contributed by atoms with Gasteiger partial charge in [0.15, 0.2) is 5.78 Å². The summed E-state index contributed by atoms with van der Waals surface area (Å²) in [5.74, 6) is -0.000969. The molecule has 0 bridgehead atoms. The Kier molecular flexibility index (Phi) is 2.57. The van der Waals surface area contributed by atoms with E-state index in [0.717, 1.165) is 16.8 Å². The first-order valence-electron chi connectivity index (χ1n) is 5.77. The third-order valence-corrected chi connectivity index (χ3v) is 3.38. The van der Waals surface area contributed by atoms with Gasteiger partial charge in [-0.15, -0.1) is 0 Å². The van der Waals surface area contributed by atoms with Gasteiger partial charge in [-0.2, -0.15) is 0 Å².